The number of halogens is 1. The van der Waals surface area contributed by atoms with Gasteiger partial charge in [0.15, 0.2) is 5.76 Å². The van der Waals surface area contributed by atoms with E-state index in [-0.39, 0.29) is 18.1 Å². The highest BCUT2D eigenvalue weighted by Crippen LogP contribution is 2.14. The van der Waals surface area contributed by atoms with Crippen molar-refractivity contribution in [3.05, 3.63) is 58.5 Å². The zero-order valence-electron chi connectivity index (χ0n) is 12.3. The van der Waals surface area contributed by atoms with Gasteiger partial charge in [-0.3, -0.25) is 9.59 Å². The van der Waals surface area contributed by atoms with Crippen molar-refractivity contribution in [2.24, 2.45) is 0 Å². The van der Waals surface area contributed by atoms with Crippen molar-refractivity contribution in [1.29, 1.82) is 0 Å². The molecule has 1 heterocycles. The molecular weight excluding hydrogens is 318 g/mol. The normalized spacial score (nSPS) is 10.8. The van der Waals surface area contributed by atoms with Crippen LogP contribution in [0.15, 0.2) is 40.8 Å². The van der Waals surface area contributed by atoms with E-state index in [9.17, 15) is 9.59 Å². The smallest absolute Gasteiger partial charge is 0.303 e. The Morgan fingerprint density at radius 3 is 2.57 bits per heavy atom. The fraction of sp³-hybridized carbons (Fsp3) is 0.176. The number of rotatable bonds is 7. The van der Waals surface area contributed by atoms with Crippen LogP contribution in [0.2, 0.25) is 5.02 Å². The number of carboxylic acids is 1. The number of amides is 1. The lowest BCUT2D eigenvalue weighted by molar-refractivity contribution is -0.137. The van der Waals surface area contributed by atoms with Gasteiger partial charge in [0.2, 0.25) is 0 Å². The topological polar surface area (TPSA) is 79.5 Å². The van der Waals surface area contributed by atoms with Gasteiger partial charge in [-0.25, -0.2) is 0 Å². The van der Waals surface area contributed by atoms with Gasteiger partial charge < -0.3 is 14.8 Å². The third-order valence-corrected chi connectivity index (χ3v) is 3.27. The molecule has 0 spiro atoms. The fourth-order valence-corrected chi connectivity index (χ4v) is 1.97. The Hall–Kier alpha value is -2.53. The highest BCUT2D eigenvalue weighted by Gasteiger charge is 2.09. The molecule has 0 atom stereocenters. The molecule has 0 radical (unpaired) electrons. The zero-order chi connectivity index (χ0) is 16.7. The third-order valence-electron chi connectivity index (χ3n) is 3.01. The van der Waals surface area contributed by atoms with Gasteiger partial charge in [0, 0.05) is 18.0 Å². The summed E-state index contributed by atoms with van der Waals surface area (Å²) in [5.74, 6) is -0.500. The minimum absolute atomic E-state index is 0.0213. The maximum Gasteiger partial charge on any atom is 0.303 e. The maximum atomic E-state index is 11.8. The Labute approximate surface area is 138 Å². The van der Waals surface area contributed by atoms with E-state index in [0.29, 0.717) is 23.7 Å². The summed E-state index contributed by atoms with van der Waals surface area (Å²) < 4.78 is 5.43. The molecule has 2 N–H and O–H groups in total. The predicted molar refractivity (Wildman–Crippen MR) is 88.3 cm³/mol. The highest BCUT2D eigenvalue weighted by molar-refractivity contribution is 6.30. The zero-order valence-corrected chi connectivity index (χ0v) is 13.0. The number of aliphatic carboxylic acids is 1. The van der Waals surface area contributed by atoms with Crippen LogP contribution in [0.4, 0.5) is 0 Å². The molecule has 1 aromatic heterocycles. The second-order valence-corrected chi connectivity index (χ2v) is 5.28. The summed E-state index contributed by atoms with van der Waals surface area (Å²) in [5.41, 5.74) is 0.963. The molecule has 120 valence electrons. The quantitative estimate of drug-likeness (QED) is 0.757. The summed E-state index contributed by atoms with van der Waals surface area (Å²) in [6.45, 7) is 0.293. The van der Waals surface area contributed by atoms with Gasteiger partial charge in [0.05, 0.1) is 0 Å². The largest absolute Gasteiger partial charge is 0.481 e. The second-order valence-electron chi connectivity index (χ2n) is 4.84. The van der Waals surface area contributed by atoms with Crippen LogP contribution < -0.4 is 5.32 Å². The van der Waals surface area contributed by atoms with Crippen molar-refractivity contribution < 1.29 is 19.1 Å². The minimum atomic E-state index is -0.883. The van der Waals surface area contributed by atoms with Crippen LogP contribution in [0.1, 0.15) is 34.7 Å². The Morgan fingerprint density at radius 1 is 1.13 bits per heavy atom. The number of carbonyl (C=O) groups excluding carboxylic acids is 1. The number of carboxylic acid groups (broad SMARTS) is 1. The first kappa shape index (κ1) is 16.8. The molecule has 2 rings (SSSR count). The molecule has 0 bridgehead atoms. The van der Waals surface area contributed by atoms with Gasteiger partial charge in [-0.05, 0) is 42.3 Å². The number of benzene rings is 1. The SMILES string of the molecule is O=C(O)CCCNC(=O)c1ccc(/C=C/c2ccc(Cl)cc2)o1. The van der Waals surface area contributed by atoms with E-state index >= 15 is 0 Å². The van der Waals surface area contributed by atoms with Gasteiger partial charge in [-0.1, -0.05) is 29.8 Å². The van der Waals surface area contributed by atoms with Gasteiger partial charge in [0.1, 0.15) is 5.76 Å². The van der Waals surface area contributed by atoms with Gasteiger partial charge in [0.25, 0.3) is 5.91 Å². The average Bonchev–Trinajstić information content (AvgIpc) is 3.00. The fourth-order valence-electron chi connectivity index (χ4n) is 1.85. The van der Waals surface area contributed by atoms with E-state index < -0.39 is 5.97 Å². The van der Waals surface area contributed by atoms with Crippen LogP contribution in [0.3, 0.4) is 0 Å². The molecule has 5 nitrogen and oxygen atoms in total. The lowest BCUT2D eigenvalue weighted by Gasteiger charge is -2.00. The van der Waals surface area contributed by atoms with Gasteiger partial charge >= 0.3 is 5.97 Å². The molecule has 1 amide bonds. The Morgan fingerprint density at radius 2 is 1.87 bits per heavy atom. The Balaban J connectivity index is 1.88. The predicted octanol–water partition coefficient (Wildman–Crippen LogP) is 3.70. The first-order chi connectivity index (χ1) is 11.0. The van der Waals surface area contributed by atoms with Crippen LogP contribution in [0.5, 0.6) is 0 Å². The molecule has 0 aliphatic heterocycles. The molecule has 0 aliphatic carbocycles. The molecule has 0 saturated heterocycles. The lowest BCUT2D eigenvalue weighted by Crippen LogP contribution is -2.24. The second kappa shape index (κ2) is 8.19. The summed E-state index contributed by atoms with van der Waals surface area (Å²) in [7, 11) is 0. The van der Waals surface area contributed by atoms with Crippen molar-refractivity contribution in [3.63, 3.8) is 0 Å². The summed E-state index contributed by atoms with van der Waals surface area (Å²) >= 11 is 5.82. The molecule has 0 unspecified atom stereocenters. The van der Waals surface area contributed by atoms with Crippen molar-refractivity contribution >= 4 is 35.6 Å². The highest BCUT2D eigenvalue weighted by atomic mass is 35.5. The van der Waals surface area contributed by atoms with E-state index in [4.69, 9.17) is 21.1 Å². The molecule has 6 heteroatoms. The number of nitrogens with one attached hydrogen (secondary N) is 1. The minimum Gasteiger partial charge on any atom is -0.481 e. The number of furan rings is 1. The molecule has 0 fully saturated rings. The Kier molecular flexibility index (Phi) is 6.00. The van der Waals surface area contributed by atoms with E-state index in [1.165, 1.54) is 0 Å². The first-order valence-corrected chi connectivity index (χ1v) is 7.46. The van der Waals surface area contributed by atoms with Crippen LogP contribution in [-0.2, 0) is 4.79 Å². The summed E-state index contributed by atoms with van der Waals surface area (Å²) in [5, 5.41) is 11.8. The van der Waals surface area contributed by atoms with E-state index in [2.05, 4.69) is 5.32 Å². The van der Waals surface area contributed by atoms with Crippen LogP contribution in [0.25, 0.3) is 12.2 Å². The van der Waals surface area contributed by atoms with Gasteiger partial charge in [-0.2, -0.15) is 0 Å². The maximum absolute atomic E-state index is 11.8. The number of hydrogen-bond acceptors (Lipinski definition) is 3. The average molecular weight is 334 g/mol. The van der Waals surface area contributed by atoms with Crippen molar-refractivity contribution in [2.45, 2.75) is 12.8 Å². The first-order valence-electron chi connectivity index (χ1n) is 7.08. The molecule has 1 aromatic carbocycles. The third kappa shape index (κ3) is 5.64. The summed E-state index contributed by atoms with van der Waals surface area (Å²) in [6.07, 6.45) is 4.01. The molecule has 23 heavy (non-hydrogen) atoms. The van der Waals surface area contributed by atoms with Crippen LogP contribution in [0, 0.1) is 0 Å². The molecule has 0 aliphatic rings. The monoisotopic (exact) mass is 333 g/mol. The van der Waals surface area contributed by atoms with E-state index in [1.807, 2.05) is 18.2 Å². The van der Waals surface area contributed by atoms with E-state index in [0.717, 1.165) is 5.56 Å². The molecular formula is C17H16ClNO4. The van der Waals surface area contributed by atoms with Crippen LogP contribution in [-0.4, -0.2) is 23.5 Å². The molecule has 2 aromatic rings. The lowest BCUT2D eigenvalue weighted by atomic mass is 10.2. The number of hydrogen-bond donors (Lipinski definition) is 2. The standard InChI is InChI=1S/C17H16ClNO4/c18-13-6-3-12(4-7-13)5-8-14-9-10-15(23-14)17(22)19-11-1-2-16(20)21/h3-10H,1-2,11H2,(H,19,22)(H,20,21)/b8-5+. The van der Waals surface area contributed by atoms with Gasteiger partial charge in [-0.15, -0.1) is 0 Å². The van der Waals surface area contributed by atoms with Crippen molar-refractivity contribution in [2.75, 3.05) is 6.54 Å². The molecule has 0 saturated carbocycles. The summed E-state index contributed by atoms with van der Waals surface area (Å²) in [4.78, 5) is 22.2. The van der Waals surface area contributed by atoms with Crippen LogP contribution >= 0.6 is 11.6 Å². The Bertz CT molecular complexity index is 704. The summed E-state index contributed by atoms with van der Waals surface area (Å²) in [6, 6.07) is 10.6. The van der Waals surface area contributed by atoms with E-state index in [1.54, 1.807) is 30.3 Å². The van der Waals surface area contributed by atoms with Crippen molar-refractivity contribution in [1.82, 2.24) is 5.32 Å². The number of carbonyl (C=O) groups is 2. The van der Waals surface area contributed by atoms with Crippen molar-refractivity contribution in [3.8, 4) is 0 Å².